The van der Waals surface area contributed by atoms with Crippen LogP contribution >= 0.6 is 12.4 Å². The summed E-state index contributed by atoms with van der Waals surface area (Å²) in [6, 6.07) is 5.58. The summed E-state index contributed by atoms with van der Waals surface area (Å²) >= 11 is 0. The van der Waals surface area contributed by atoms with Gasteiger partial charge in [0.2, 0.25) is 10.0 Å². The van der Waals surface area contributed by atoms with E-state index in [1.54, 1.807) is 6.07 Å². The summed E-state index contributed by atoms with van der Waals surface area (Å²) in [7, 11) is -1.54. The highest BCUT2D eigenvalue weighted by Gasteiger charge is 2.10. The van der Waals surface area contributed by atoms with Crippen molar-refractivity contribution in [3.63, 3.8) is 0 Å². The Hall–Kier alpha value is -1.08. The number of aromatic nitrogens is 1. The second-order valence-electron chi connectivity index (χ2n) is 4.46. The summed E-state index contributed by atoms with van der Waals surface area (Å²) < 4.78 is 24.2. The zero-order valence-electron chi connectivity index (χ0n) is 10.7. The Kier molecular flexibility index (Phi) is 4.98. The minimum atomic E-state index is -3.50. The van der Waals surface area contributed by atoms with Crippen molar-refractivity contribution in [1.29, 1.82) is 0 Å². The van der Waals surface area contributed by atoms with Gasteiger partial charge in [-0.05, 0) is 36.2 Å². The summed E-state index contributed by atoms with van der Waals surface area (Å²) in [5.41, 5.74) is 8.48. The van der Waals surface area contributed by atoms with E-state index in [2.05, 4.69) is 0 Å². The topological polar surface area (TPSA) is 91.1 Å². The lowest BCUT2D eigenvalue weighted by atomic mass is 10.1. The lowest BCUT2D eigenvalue weighted by Gasteiger charge is -2.02. The van der Waals surface area contributed by atoms with E-state index in [0.717, 1.165) is 22.9 Å². The second kappa shape index (κ2) is 5.92. The first-order chi connectivity index (χ1) is 8.40. The largest absolute Gasteiger partial charge is 0.350 e. The molecule has 0 unspecified atom stereocenters. The van der Waals surface area contributed by atoms with Crippen LogP contribution in [-0.4, -0.2) is 19.5 Å². The van der Waals surface area contributed by atoms with Crippen molar-refractivity contribution in [3.05, 3.63) is 35.5 Å². The molecule has 0 amide bonds. The molecule has 0 aliphatic carbocycles. The van der Waals surface area contributed by atoms with Gasteiger partial charge in [-0.25, -0.2) is 13.6 Å². The minimum Gasteiger partial charge on any atom is -0.350 e. The number of hydrogen-bond donors (Lipinski definition) is 2. The third-order valence-electron chi connectivity index (χ3n) is 2.92. The zero-order valence-corrected chi connectivity index (χ0v) is 12.3. The molecule has 4 N–H and O–H groups in total. The van der Waals surface area contributed by atoms with Crippen molar-refractivity contribution in [1.82, 2.24) is 4.57 Å². The Morgan fingerprint density at radius 2 is 2.00 bits per heavy atom. The molecule has 106 valence electrons. The minimum absolute atomic E-state index is 0. The molecule has 0 spiro atoms. The fraction of sp³-hybridized carbons (Fsp3) is 0.333. The van der Waals surface area contributed by atoms with E-state index in [0.29, 0.717) is 12.1 Å². The molecule has 1 aromatic heterocycles. The van der Waals surface area contributed by atoms with Gasteiger partial charge in [0.1, 0.15) is 0 Å². The van der Waals surface area contributed by atoms with Crippen LogP contribution in [0.3, 0.4) is 0 Å². The molecular weight excluding hydrogens is 286 g/mol. The maximum Gasteiger partial charge on any atom is 0.213 e. The molecule has 5 nitrogen and oxygen atoms in total. The summed E-state index contributed by atoms with van der Waals surface area (Å²) in [5.74, 6) is -0.139. The van der Waals surface area contributed by atoms with Crippen molar-refractivity contribution < 1.29 is 8.42 Å². The van der Waals surface area contributed by atoms with Crippen LogP contribution < -0.4 is 10.9 Å². The van der Waals surface area contributed by atoms with E-state index in [1.807, 2.05) is 29.9 Å². The van der Waals surface area contributed by atoms with E-state index in [4.69, 9.17) is 10.9 Å². The Balaban J connectivity index is 0.00000180. The van der Waals surface area contributed by atoms with Crippen LogP contribution in [0.1, 0.15) is 11.1 Å². The van der Waals surface area contributed by atoms with Gasteiger partial charge in [0, 0.05) is 24.1 Å². The van der Waals surface area contributed by atoms with Crippen molar-refractivity contribution in [3.8, 4) is 0 Å². The van der Waals surface area contributed by atoms with Crippen LogP contribution in [0.25, 0.3) is 10.9 Å². The van der Waals surface area contributed by atoms with Crippen LogP contribution in [0, 0.1) is 0 Å². The molecule has 0 aliphatic rings. The number of nitrogens with zero attached hydrogens (tertiary/aromatic N) is 1. The van der Waals surface area contributed by atoms with E-state index in [1.165, 1.54) is 0 Å². The average molecular weight is 304 g/mol. The van der Waals surface area contributed by atoms with Crippen LogP contribution in [-0.2, 0) is 29.2 Å². The number of nitrogens with two attached hydrogens (primary N) is 2. The summed E-state index contributed by atoms with van der Waals surface area (Å²) in [5, 5.41) is 6.11. The molecule has 0 atom stereocenters. The highest BCUT2D eigenvalue weighted by Crippen LogP contribution is 2.23. The maximum absolute atomic E-state index is 11.1. The second-order valence-corrected chi connectivity index (χ2v) is 6.08. The normalized spacial score (nSPS) is 11.5. The quantitative estimate of drug-likeness (QED) is 0.878. The van der Waals surface area contributed by atoms with E-state index >= 15 is 0 Å². The van der Waals surface area contributed by atoms with Gasteiger partial charge < -0.3 is 10.3 Å². The first-order valence-electron chi connectivity index (χ1n) is 5.68. The molecule has 0 bridgehead atoms. The molecule has 1 heterocycles. The van der Waals surface area contributed by atoms with Crippen LogP contribution in [0.5, 0.6) is 0 Å². The van der Waals surface area contributed by atoms with Crippen molar-refractivity contribution in [2.45, 2.75) is 12.2 Å². The van der Waals surface area contributed by atoms with Gasteiger partial charge in [-0.15, -0.1) is 12.4 Å². The monoisotopic (exact) mass is 303 g/mol. The molecular formula is C12H18ClN3O2S. The molecule has 0 saturated heterocycles. The first-order valence-corrected chi connectivity index (χ1v) is 7.39. The van der Waals surface area contributed by atoms with Gasteiger partial charge in [-0.3, -0.25) is 0 Å². The molecule has 0 aliphatic heterocycles. The standard InChI is InChI=1S/C12H17N3O2S.ClH/c1-15-7-10(4-5-13)11-6-9(2-3-12(11)15)8-18(14,16)17;/h2-3,6-7H,4-5,8,13H2,1H3,(H2,14,16,17);1H. The smallest absolute Gasteiger partial charge is 0.213 e. The SMILES string of the molecule is Cl.Cn1cc(CCN)c2cc(CS(N)(=O)=O)ccc21. The van der Waals surface area contributed by atoms with Gasteiger partial charge in [-0.2, -0.15) is 0 Å². The molecule has 1 aromatic carbocycles. The Morgan fingerprint density at radius 1 is 1.32 bits per heavy atom. The zero-order chi connectivity index (χ0) is 13.3. The average Bonchev–Trinajstić information content (AvgIpc) is 2.54. The number of sulfonamides is 1. The maximum atomic E-state index is 11.1. The Labute approximate surface area is 119 Å². The van der Waals surface area contributed by atoms with Gasteiger partial charge in [0.05, 0.1) is 5.75 Å². The predicted molar refractivity (Wildman–Crippen MR) is 79.7 cm³/mol. The van der Waals surface area contributed by atoms with Gasteiger partial charge in [0.15, 0.2) is 0 Å². The van der Waals surface area contributed by atoms with E-state index in [9.17, 15) is 8.42 Å². The number of rotatable bonds is 4. The molecule has 0 radical (unpaired) electrons. The summed E-state index contributed by atoms with van der Waals surface area (Å²) in [6.45, 7) is 0.568. The van der Waals surface area contributed by atoms with Crippen LogP contribution in [0.2, 0.25) is 0 Å². The highest BCUT2D eigenvalue weighted by atomic mass is 35.5. The molecule has 2 aromatic rings. The molecule has 0 fully saturated rings. The van der Waals surface area contributed by atoms with Crippen LogP contribution in [0.4, 0.5) is 0 Å². The number of halogens is 1. The van der Waals surface area contributed by atoms with Gasteiger partial charge >= 0.3 is 0 Å². The Morgan fingerprint density at radius 3 is 2.58 bits per heavy atom. The molecule has 19 heavy (non-hydrogen) atoms. The first kappa shape index (κ1) is 16.0. The summed E-state index contributed by atoms with van der Waals surface area (Å²) in [6.07, 6.45) is 2.80. The third-order valence-corrected chi connectivity index (χ3v) is 3.65. The lowest BCUT2D eigenvalue weighted by molar-refractivity contribution is 0.597. The van der Waals surface area contributed by atoms with E-state index < -0.39 is 10.0 Å². The third kappa shape index (κ3) is 3.70. The summed E-state index contributed by atoms with van der Waals surface area (Å²) in [4.78, 5) is 0. The van der Waals surface area contributed by atoms with Crippen molar-refractivity contribution >= 4 is 33.3 Å². The highest BCUT2D eigenvalue weighted by molar-refractivity contribution is 7.88. The fourth-order valence-electron chi connectivity index (χ4n) is 2.20. The van der Waals surface area contributed by atoms with Gasteiger partial charge in [-0.1, -0.05) is 6.07 Å². The van der Waals surface area contributed by atoms with E-state index in [-0.39, 0.29) is 18.2 Å². The lowest BCUT2D eigenvalue weighted by Crippen LogP contribution is -2.14. The predicted octanol–water partition coefficient (Wildman–Crippen LogP) is 0.890. The van der Waals surface area contributed by atoms with Crippen molar-refractivity contribution in [2.24, 2.45) is 17.9 Å². The molecule has 7 heteroatoms. The molecule has 0 saturated carbocycles. The number of fused-ring (bicyclic) bond motifs is 1. The number of aryl methyl sites for hydroxylation is 1. The molecule has 2 rings (SSSR count). The number of hydrogen-bond acceptors (Lipinski definition) is 3. The number of benzene rings is 1. The number of primary sulfonamides is 1. The van der Waals surface area contributed by atoms with Crippen molar-refractivity contribution in [2.75, 3.05) is 6.54 Å². The van der Waals surface area contributed by atoms with Gasteiger partial charge in [0.25, 0.3) is 0 Å². The fourth-order valence-corrected chi connectivity index (χ4v) is 2.84. The Bertz CT molecular complexity index is 680. The van der Waals surface area contributed by atoms with Crippen LogP contribution in [0.15, 0.2) is 24.4 Å².